The summed E-state index contributed by atoms with van der Waals surface area (Å²) in [7, 11) is 1.55. The van der Waals surface area contributed by atoms with Gasteiger partial charge in [-0.1, -0.05) is 19.1 Å². The number of aryl methyl sites for hydroxylation is 2. The number of halogens is 1. The number of aromatic nitrogens is 4. The van der Waals surface area contributed by atoms with Crippen LogP contribution in [0.25, 0.3) is 16.8 Å². The zero-order valence-corrected chi connectivity index (χ0v) is 17.3. The minimum Gasteiger partial charge on any atom is -0.410 e. The number of hydrogen-bond donors (Lipinski definition) is 1. The summed E-state index contributed by atoms with van der Waals surface area (Å²) in [6, 6.07) is 9.72. The van der Waals surface area contributed by atoms with Gasteiger partial charge in [-0.2, -0.15) is 4.68 Å². The number of tetrazole rings is 1. The average Bonchev–Trinajstić information content (AvgIpc) is 3.16. The Morgan fingerprint density at radius 1 is 1.27 bits per heavy atom. The number of nitrogens with zero attached hydrogens (tertiary/aromatic N) is 4. The molecular weight excluding hydrogens is 389 g/mol. The molecule has 2 aromatic carbocycles. The molecule has 3 rings (SSSR count). The minimum absolute atomic E-state index is 0.231. The van der Waals surface area contributed by atoms with E-state index in [9.17, 15) is 9.18 Å². The van der Waals surface area contributed by atoms with Gasteiger partial charge in [0.05, 0.1) is 18.3 Å². The third-order valence-electron chi connectivity index (χ3n) is 4.41. The van der Waals surface area contributed by atoms with Gasteiger partial charge in [0.25, 0.3) is 0 Å². The molecule has 0 aliphatic carbocycles. The van der Waals surface area contributed by atoms with E-state index in [1.807, 2.05) is 19.9 Å². The van der Waals surface area contributed by atoms with Crippen molar-refractivity contribution in [2.75, 3.05) is 13.7 Å². The summed E-state index contributed by atoms with van der Waals surface area (Å²) in [4.78, 5) is 12.3. The quantitative estimate of drug-likeness (QED) is 0.638. The predicted octanol–water partition coefficient (Wildman–Crippen LogP) is 3.46. The number of carbonyl (C=O) groups is 1. The molecule has 1 heterocycles. The fraction of sp³-hybridized carbons (Fsp3) is 0.333. The first kappa shape index (κ1) is 21.4. The SMILES string of the molecule is CCc1nnnn1-c1cc(OC(=O)N[C@H](C)COC)cc(-c2ccc(C)cc2F)c1. The van der Waals surface area contributed by atoms with Crippen LogP contribution in [-0.2, 0) is 11.2 Å². The van der Waals surface area contributed by atoms with Gasteiger partial charge in [0, 0.05) is 25.2 Å². The number of methoxy groups -OCH3 is 1. The topological polar surface area (TPSA) is 91.2 Å². The fourth-order valence-electron chi connectivity index (χ4n) is 3.03. The number of nitrogens with one attached hydrogen (secondary N) is 1. The Balaban J connectivity index is 2.01. The first-order valence-electron chi connectivity index (χ1n) is 9.57. The molecule has 8 nitrogen and oxygen atoms in total. The van der Waals surface area contributed by atoms with Gasteiger partial charge >= 0.3 is 6.09 Å². The van der Waals surface area contributed by atoms with Gasteiger partial charge in [0.15, 0.2) is 5.82 Å². The molecule has 3 aromatic rings. The Kier molecular flexibility index (Phi) is 6.73. The lowest BCUT2D eigenvalue weighted by Crippen LogP contribution is -2.37. The fourth-order valence-corrected chi connectivity index (χ4v) is 3.03. The molecule has 0 spiro atoms. The number of rotatable bonds is 7. The first-order chi connectivity index (χ1) is 14.4. The minimum atomic E-state index is -0.639. The zero-order valence-electron chi connectivity index (χ0n) is 17.3. The van der Waals surface area contributed by atoms with Gasteiger partial charge in [-0.25, -0.2) is 9.18 Å². The summed E-state index contributed by atoms with van der Waals surface area (Å²) in [6.07, 6.45) is -0.0408. The van der Waals surface area contributed by atoms with Crippen molar-refractivity contribution in [2.45, 2.75) is 33.2 Å². The standard InChI is InChI=1S/C21H24FN5O3/c1-5-20-24-25-26-27(20)16-9-15(18-7-6-13(2)8-19(18)22)10-17(11-16)30-21(28)23-14(3)12-29-4/h6-11,14H,5,12H2,1-4H3,(H,23,28)/t14-/m1/s1. The van der Waals surface area contributed by atoms with Gasteiger partial charge in [-0.05, 0) is 53.6 Å². The third-order valence-corrected chi connectivity index (χ3v) is 4.41. The van der Waals surface area contributed by atoms with Crippen LogP contribution < -0.4 is 10.1 Å². The molecule has 0 bridgehead atoms. The number of carbonyl (C=O) groups excluding carboxylic acids is 1. The van der Waals surface area contributed by atoms with E-state index in [2.05, 4.69) is 20.8 Å². The summed E-state index contributed by atoms with van der Waals surface area (Å²) < 4.78 is 26.6. The van der Waals surface area contributed by atoms with Crippen molar-refractivity contribution in [3.8, 4) is 22.6 Å². The van der Waals surface area contributed by atoms with Gasteiger partial charge < -0.3 is 14.8 Å². The largest absolute Gasteiger partial charge is 0.412 e. The van der Waals surface area contributed by atoms with Gasteiger partial charge in [0.2, 0.25) is 0 Å². The molecule has 1 atom stereocenters. The van der Waals surface area contributed by atoms with Crippen molar-refractivity contribution in [3.63, 3.8) is 0 Å². The van der Waals surface area contributed by atoms with Crippen LogP contribution in [0, 0.1) is 12.7 Å². The third kappa shape index (κ3) is 4.98. The van der Waals surface area contributed by atoms with Crippen molar-refractivity contribution in [3.05, 3.63) is 53.6 Å². The molecule has 1 N–H and O–H groups in total. The first-order valence-corrected chi connectivity index (χ1v) is 9.57. The van der Waals surface area contributed by atoms with Crippen LogP contribution in [-0.4, -0.2) is 46.1 Å². The summed E-state index contributed by atoms with van der Waals surface area (Å²) >= 11 is 0. The van der Waals surface area contributed by atoms with Crippen molar-refractivity contribution in [1.82, 2.24) is 25.5 Å². The van der Waals surface area contributed by atoms with E-state index in [-0.39, 0.29) is 17.6 Å². The van der Waals surface area contributed by atoms with Gasteiger partial charge in [-0.3, -0.25) is 0 Å². The van der Waals surface area contributed by atoms with Crippen LogP contribution in [0.15, 0.2) is 36.4 Å². The molecule has 1 aromatic heterocycles. The summed E-state index contributed by atoms with van der Waals surface area (Å²) in [5.41, 5.74) is 2.29. The molecular formula is C21H24FN5O3. The molecule has 0 unspecified atom stereocenters. The van der Waals surface area contributed by atoms with Crippen LogP contribution in [0.1, 0.15) is 25.2 Å². The van der Waals surface area contributed by atoms with E-state index in [0.29, 0.717) is 35.7 Å². The van der Waals surface area contributed by atoms with Gasteiger partial charge in [0.1, 0.15) is 11.6 Å². The van der Waals surface area contributed by atoms with Crippen LogP contribution in [0.5, 0.6) is 5.75 Å². The lowest BCUT2D eigenvalue weighted by molar-refractivity contribution is 0.159. The second-order valence-corrected chi connectivity index (χ2v) is 6.95. The van der Waals surface area contributed by atoms with Crippen LogP contribution >= 0.6 is 0 Å². The van der Waals surface area contributed by atoms with Crippen molar-refractivity contribution >= 4 is 6.09 Å². The second-order valence-electron chi connectivity index (χ2n) is 6.95. The number of benzene rings is 2. The number of amides is 1. The van der Waals surface area contributed by atoms with E-state index in [0.717, 1.165) is 5.56 Å². The Hall–Kier alpha value is -3.33. The molecule has 0 aliphatic heterocycles. The van der Waals surface area contributed by atoms with Crippen LogP contribution in [0.4, 0.5) is 9.18 Å². The summed E-state index contributed by atoms with van der Waals surface area (Å²) in [6.45, 7) is 5.88. The monoisotopic (exact) mass is 413 g/mol. The van der Waals surface area contributed by atoms with E-state index in [1.165, 1.54) is 10.7 Å². The Morgan fingerprint density at radius 3 is 2.77 bits per heavy atom. The molecule has 158 valence electrons. The Morgan fingerprint density at radius 2 is 2.07 bits per heavy atom. The smallest absolute Gasteiger partial charge is 0.410 e. The molecule has 9 heteroatoms. The summed E-state index contributed by atoms with van der Waals surface area (Å²) in [5.74, 6) is 0.492. The highest BCUT2D eigenvalue weighted by atomic mass is 19.1. The predicted molar refractivity (Wildman–Crippen MR) is 109 cm³/mol. The highest BCUT2D eigenvalue weighted by Gasteiger charge is 2.15. The Bertz CT molecular complexity index is 1040. The summed E-state index contributed by atoms with van der Waals surface area (Å²) in [5, 5.41) is 14.4. The molecule has 30 heavy (non-hydrogen) atoms. The highest BCUT2D eigenvalue weighted by Crippen LogP contribution is 2.30. The number of ether oxygens (including phenoxy) is 2. The lowest BCUT2D eigenvalue weighted by Gasteiger charge is -2.15. The van der Waals surface area contributed by atoms with E-state index in [1.54, 1.807) is 38.3 Å². The van der Waals surface area contributed by atoms with E-state index >= 15 is 0 Å². The maximum atomic E-state index is 14.6. The van der Waals surface area contributed by atoms with E-state index < -0.39 is 6.09 Å². The maximum Gasteiger partial charge on any atom is 0.412 e. The molecule has 0 saturated carbocycles. The number of hydrogen-bond acceptors (Lipinski definition) is 6. The second kappa shape index (κ2) is 9.45. The zero-order chi connectivity index (χ0) is 21.7. The molecule has 1 amide bonds. The highest BCUT2D eigenvalue weighted by molar-refractivity contribution is 5.74. The van der Waals surface area contributed by atoms with Gasteiger partial charge in [-0.15, -0.1) is 5.10 Å². The molecule has 0 fully saturated rings. The van der Waals surface area contributed by atoms with E-state index in [4.69, 9.17) is 9.47 Å². The van der Waals surface area contributed by atoms with Crippen molar-refractivity contribution in [1.29, 1.82) is 0 Å². The molecule has 0 saturated heterocycles. The Labute approximate surface area is 174 Å². The van der Waals surface area contributed by atoms with Crippen molar-refractivity contribution < 1.29 is 18.7 Å². The molecule has 0 aliphatic rings. The lowest BCUT2D eigenvalue weighted by atomic mass is 10.0. The van der Waals surface area contributed by atoms with Crippen LogP contribution in [0.3, 0.4) is 0 Å². The maximum absolute atomic E-state index is 14.6. The molecule has 0 radical (unpaired) electrons. The normalized spacial score (nSPS) is 11.9. The average molecular weight is 413 g/mol. The van der Waals surface area contributed by atoms with Crippen LogP contribution in [0.2, 0.25) is 0 Å². The van der Waals surface area contributed by atoms with Crippen molar-refractivity contribution in [2.24, 2.45) is 0 Å².